The number of guanidine groups is 1. The van der Waals surface area contributed by atoms with Crippen molar-refractivity contribution in [2.24, 2.45) is 4.99 Å². The van der Waals surface area contributed by atoms with E-state index in [1.165, 1.54) is 6.26 Å². The van der Waals surface area contributed by atoms with Gasteiger partial charge in [0.1, 0.15) is 0 Å². The number of carbonyl (C=O) groups excluding carboxylic acids is 1. The molecule has 1 aromatic carbocycles. The van der Waals surface area contributed by atoms with Crippen LogP contribution >= 0.6 is 11.6 Å². The largest absolute Gasteiger partial charge is 0.459 e. The predicted octanol–water partition coefficient (Wildman–Crippen LogP) is 3.68. The third kappa shape index (κ3) is 6.32. The van der Waals surface area contributed by atoms with Gasteiger partial charge in [-0.3, -0.25) is 9.79 Å². The van der Waals surface area contributed by atoms with Crippen LogP contribution in [0.1, 0.15) is 48.0 Å². The highest BCUT2D eigenvalue weighted by Gasteiger charge is 2.12. The molecule has 3 N–H and O–H groups in total. The SMILES string of the molecule is CCNC(=NCCCNC(=O)c1occc1C)NC(C)c1ccccc1Cl. The van der Waals surface area contributed by atoms with Crippen LogP contribution in [-0.4, -0.2) is 31.5 Å². The normalized spacial score (nSPS) is 12.5. The van der Waals surface area contributed by atoms with Crippen molar-refractivity contribution >= 4 is 23.5 Å². The van der Waals surface area contributed by atoms with Crippen LogP contribution in [0.15, 0.2) is 46.0 Å². The third-order valence-electron chi connectivity index (χ3n) is 4.03. The van der Waals surface area contributed by atoms with Crippen molar-refractivity contribution in [2.45, 2.75) is 33.2 Å². The van der Waals surface area contributed by atoms with Gasteiger partial charge in [-0.2, -0.15) is 0 Å². The molecule has 0 bridgehead atoms. The fraction of sp³-hybridized carbons (Fsp3) is 0.400. The van der Waals surface area contributed by atoms with Crippen LogP contribution in [0.3, 0.4) is 0 Å². The lowest BCUT2D eigenvalue weighted by Crippen LogP contribution is -2.39. The van der Waals surface area contributed by atoms with Crippen LogP contribution in [0.2, 0.25) is 5.02 Å². The lowest BCUT2D eigenvalue weighted by molar-refractivity contribution is 0.0925. The van der Waals surface area contributed by atoms with Gasteiger partial charge in [0.05, 0.1) is 12.3 Å². The molecule has 0 aliphatic rings. The molecule has 0 aliphatic carbocycles. The van der Waals surface area contributed by atoms with E-state index in [2.05, 4.69) is 20.9 Å². The number of carbonyl (C=O) groups is 1. The van der Waals surface area contributed by atoms with E-state index in [4.69, 9.17) is 16.0 Å². The predicted molar refractivity (Wildman–Crippen MR) is 109 cm³/mol. The molecule has 7 heteroatoms. The maximum Gasteiger partial charge on any atom is 0.287 e. The van der Waals surface area contributed by atoms with Gasteiger partial charge in [0.2, 0.25) is 0 Å². The Morgan fingerprint density at radius 2 is 2.04 bits per heavy atom. The molecule has 27 heavy (non-hydrogen) atoms. The van der Waals surface area contributed by atoms with Crippen LogP contribution in [0.5, 0.6) is 0 Å². The minimum Gasteiger partial charge on any atom is -0.459 e. The molecule has 146 valence electrons. The summed E-state index contributed by atoms with van der Waals surface area (Å²) >= 11 is 6.26. The highest BCUT2D eigenvalue weighted by molar-refractivity contribution is 6.31. The quantitative estimate of drug-likeness (QED) is 0.365. The summed E-state index contributed by atoms with van der Waals surface area (Å²) in [5.74, 6) is 0.888. The topological polar surface area (TPSA) is 78.7 Å². The Morgan fingerprint density at radius 3 is 2.70 bits per heavy atom. The number of hydrogen-bond acceptors (Lipinski definition) is 3. The number of furan rings is 1. The number of aliphatic imine (C=N–C) groups is 1. The smallest absolute Gasteiger partial charge is 0.287 e. The van der Waals surface area contributed by atoms with Crippen molar-refractivity contribution in [3.63, 3.8) is 0 Å². The first-order chi connectivity index (χ1) is 13.0. The van der Waals surface area contributed by atoms with E-state index >= 15 is 0 Å². The van der Waals surface area contributed by atoms with Crippen molar-refractivity contribution in [1.29, 1.82) is 0 Å². The Morgan fingerprint density at radius 1 is 1.26 bits per heavy atom. The van der Waals surface area contributed by atoms with Gasteiger partial charge in [-0.1, -0.05) is 29.8 Å². The molecule has 1 aromatic heterocycles. The van der Waals surface area contributed by atoms with E-state index in [0.717, 1.165) is 35.1 Å². The Kier molecular flexibility index (Phi) is 8.20. The fourth-order valence-corrected chi connectivity index (χ4v) is 2.89. The molecular weight excluding hydrogens is 364 g/mol. The number of hydrogen-bond donors (Lipinski definition) is 3. The lowest BCUT2D eigenvalue weighted by atomic mass is 10.1. The van der Waals surface area contributed by atoms with Gasteiger partial charge in [-0.25, -0.2) is 0 Å². The molecule has 0 aliphatic heterocycles. The van der Waals surface area contributed by atoms with Crippen LogP contribution in [0.25, 0.3) is 0 Å². The number of halogens is 1. The summed E-state index contributed by atoms with van der Waals surface area (Å²) < 4.78 is 5.18. The summed E-state index contributed by atoms with van der Waals surface area (Å²) in [6, 6.07) is 9.55. The maximum absolute atomic E-state index is 12.0. The minimum atomic E-state index is -0.196. The van der Waals surface area contributed by atoms with Gasteiger partial charge in [-0.05, 0) is 44.9 Å². The van der Waals surface area contributed by atoms with E-state index in [0.29, 0.717) is 18.8 Å². The number of benzene rings is 1. The van der Waals surface area contributed by atoms with Gasteiger partial charge >= 0.3 is 0 Å². The van der Waals surface area contributed by atoms with Crippen molar-refractivity contribution in [1.82, 2.24) is 16.0 Å². The van der Waals surface area contributed by atoms with Gasteiger partial charge in [-0.15, -0.1) is 0 Å². The van der Waals surface area contributed by atoms with E-state index < -0.39 is 0 Å². The van der Waals surface area contributed by atoms with Gasteiger partial charge in [0.25, 0.3) is 5.91 Å². The first-order valence-electron chi connectivity index (χ1n) is 9.14. The second kappa shape index (κ2) is 10.6. The molecule has 2 rings (SSSR count). The number of rotatable bonds is 8. The van der Waals surface area contributed by atoms with E-state index in [1.807, 2.05) is 45.0 Å². The highest BCUT2D eigenvalue weighted by Crippen LogP contribution is 2.21. The fourth-order valence-electron chi connectivity index (χ4n) is 2.59. The monoisotopic (exact) mass is 390 g/mol. The number of nitrogens with one attached hydrogen (secondary N) is 3. The summed E-state index contributed by atoms with van der Waals surface area (Å²) in [7, 11) is 0. The van der Waals surface area contributed by atoms with Crippen molar-refractivity contribution in [3.8, 4) is 0 Å². The summed E-state index contributed by atoms with van der Waals surface area (Å²) in [5, 5.41) is 10.2. The zero-order chi connectivity index (χ0) is 19.6. The van der Waals surface area contributed by atoms with Gasteiger partial charge in [0.15, 0.2) is 11.7 Å². The standard InChI is InChI=1S/C20H27ClN4O2/c1-4-22-20(25-15(3)16-8-5-6-9-17(16)21)24-12-7-11-23-19(26)18-14(2)10-13-27-18/h5-6,8-10,13,15H,4,7,11-12H2,1-3H3,(H,23,26)(H2,22,24,25). The summed E-state index contributed by atoms with van der Waals surface area (Å²) in [6.07, 6.45) is 2.24. The number of amides is 1. The molecule has 0 radical (unpaired) electrons. The number of aryl methyl sites for hydroxylation is 1. The van der Waals surface area contributed by atoms with Gasteiger partial charge < -0.3 is 20.4 Å². The molecule has 1 unspecified atom stereocenters. The molecule has 1 amide bonds. The lowest BCUT2D eigenvalue weighted by Gasteiger charge is -2.19. The van der Waals surface area contributed by atoms with Crippen LogP contribution in [-0.2, 0) is 0 Å². The summed E-state index contributed by atoms with van der Waals surface area (Å²) in [6.45, 7) is 7.78. The van der Waals surface area contributed by atoms with Crippen molar-refractivity contribution in [2.75, 3.05) is 19.6 Å². The number of nitrogens with zero attached hydrogens (tertiary/aromatic N) is 1. The first-order valence-corrected chi connectivity index (χ1v) is 9.52. The Bertz CT molecular complexity index is 773. The average molecular weight is 391 g/mol. The van der Waals surface area contributed by atoms with Crippen LogP contribution < -0.4 is 16.0 Å². The minimum absolute atomic E-state index is 0.0260. The summed E-state index contributed by atoms with van der Waals surface area (Å²) in [4.78, 5) is 16.5. The van der Waals surface area contributed by atoms with Gasteiger partial charge in [0, 0.05) is 30.2 Å². The van der Waals surface area contributed by atoms with Crippen molar-refractivity contribution < 1.29 is 9.21 Å². The van der Waals surface area contributed by atoms with Crippen LogP contribution in [0, 0.1) is 6.92 Å². The van der Waals surface area contributed by atoms with Crippen molar-refractivity contribution in [3.05, 3.63) is 58.5 Å². The molecule has 0 fully saturated rings. The second-order valence-corrected chi connectivity index (χ2v) is 6.60. The second-order valence-electron chi connectivity index (χ2n) is 6.19. The Hall–Kier alpha value is -2.47. The maximum atomic E-state index is 12.0. The zero-order valence-corrected chi connectivity index (χ0v) is 16.8. The Labute approximate surface area is 165 Å². The molecule has 1 heterocycles. The first kappa shape index (κ1) is 20.8. The van der Waals surface area contributed by atoms with Crippen LogP contribution in [0.4, 0.5) is 0 Å². The van der Waals surface area contributed by atoms with E-state index in [-0.39, 0.29) is 11.9 Å². The molecule has 6 nitrogen and oxygen atoms in total. The zero-order valence-electron chi connectivity index (χ0n) is 16.0. The third-order valence-corrected chi connectivity index (χ3v) is 4.37. The molecule has 1 atom stereocenters. The van der Waals surface area contributed by atoms with E-state index in [9.17, 15) is 4.79 Å². The average Bonchev–Trinajstić information content (AvgIpc) is 3.07. The van der Waals surface area contributed by atoms with E-state index in [1.54, 1.807) is 6.07 Å². The molecule has 2 aromatic rings. The highest BCUT2D eigenvalue weighted by atomic mass is 35.5. The molecular formula is C20H27ClN4O2. The summed E-state index contributed by atoms with van der Waals surface area (Å²) in [5.41, 5.74) is 1.85. The molecule has 0 saturated heterocycles. The molecule has 0 spiro atoms. The molecule has 0 saturated carbocycles. The Balaban J connectivity index is 1.82.